The molecule has 0 bridgehead atoms. The molecular weight excluding hydrogens is 228 g/mol. The molecule has 0 aliphatic rings. The predicted molar refractivity (Wildman–Crippen MR) is 65.3 cm³/mol. The maximum absolute atomic E-state index is 9.60. The molecule has 5 nitrogen and oxygen atoms in total. The number of carboxylic acids is 1. The van der Waals surface area contributed by atoms with Gasteiger partial charge in [-0.2, -0.15) is 0 Å². The number of aliphatic carboxylic acids is 1. The van der Waals surface area contributed by atoms with Crippen LogP contribution in [0.15, 0.2) is 12.2 Å². The fourth-order valence-corrected chi connectivity index (χ4v) is 1.55. The van der Waals surface area contributed by atoms with Crippen molar-refractivity contribution in [2.24, 2.45) is 0 Å². The summed E-state index contributed by atoms with van der Waals surface area (Å²) in [7, 11) is 0.497. The average molecular weight is 250 g/mol. The Hall–Kier alpha value is -0.693. The van der Waals surface area contributed by atoms with Gasteiger partial charge in [0.05, 0.1) is 11.8 Å². The lowest BCUT2D eigenvalue weighted by Crippen LogP contribution is -2.44. The largest absolute Gasteiger partial charge is 0.478 e. The molecule has 0 aromatic heterocycles. The van der Waals surface area contributed by atoms with E-state index in [0.717, 1.165) is 6.42 Å². The number of carbonyl (C=O) groups is 1. The van der Waals surface area contributed by atoms with E-state index in [9.17, 15) is 9.90 Å². The van der Waals surface area contributed by atoms with E-state index in [1.807, 2.05) is 6.92 Å². The number of aliphatic hydroxyl groups excluding tert-OH is 2. The first kappa shape index (κ1) is 17.7. The highest BCUT2D eigenvalue weighted by Gasteiger charge is 2.27. The van der Waals surface area contributed by atoms with Crippen LogP contribution in [0.2, 0.25) is 0 Å². The highest BCUT2D eigenvalue weighted by Crippen LogP contribution is 2.12. The summed E-state index contributed by atoms with van der Waals surface area (Å²) in [6, 6.07) is 0. The smallest absolute Gasteiger partial charge is 0.330 e. The first-order valence-electron chi connectivity index (χ1n) is 5.09. The average Bonchev–Trinajstić information content (AvgIpc) is 2.17. The second-order valence-corrected chi connectivity index (χ2v) is 5.62. The number of rotatable bonds is 5. The molecule has 0 radical (unpaired) electrons. The summed E-state index contributed by atoms with van der Waals surface area (Å²) in [5.41, 5.74) is 0.176. The quantitative estimate of drug-likeness (QED) is 0.364. The van der Waals surface area contributed by atoms with Crippen molar-refractivity contribution < 1.29 is 25.2 Å². The fraction of sp³-hybridized carbons (Fsp3) is 0.700. The van der Waals surface area contributed by atoms with Crippen LogP contribution in [0.5, 0.6) is 0 Å². The molecule has 0 aromatic rings. The lowest BCUT2D eigenvalue weighted by atomic mass is 10.1. The standard InChI is InChI=1S/C6H16O3Si.C4H6O2/c1-2-3-6(9,10)5(8)4-7;1-3(2)4(5)6/h5,7-9H,2-4H2,1,10H3;1H2,2H3,(H,5,6). The summed E-state index contributed by atoms with van der Waals surface area (Å²) in [5, 5.41) is 33.9. The molecule has 0 saturated heterocycles. The Balaban J connectivity index is 0. The van der Waals surface area contributed by atoms with Gasteiger partial charge in [-0.05, 0) is 13.3 Å². The molecule has 0 aliphatic carbocycles. The van der Waals surface area contributed by atoms with Gasteiger partial charge in [-0.15, -0.1) is 0 Å². The monoisotopic (exact) mass is 250 g/mol. The van der Waals surface area contributed by atoms with Gasteiger partial charge in [0.1, 0.15) is 6.10 Å². The summed E-state index contributed by atoms with van der Waals surface area (Å²) in [5.74, 6) is -0.935. The van der Waals surface area contributed by atoms with Gasteiger partial charge in [0, 0.05) is 15.8 Å². The maximum Gasteiger partial charge on any atom is 0.330 e. The fourth-order valence-electron chi connectivity index (χ4n) is 0.869. The van der Waals surface area contributed by atoms with Gasteiger partial charge < -0.3 is 20.4 Å². The van der Waals surface area contributed by atoms with Gasteiger partial charge in [0.2, 0.25) is 0 Å². The van der Waals surface area contributed by atoms with E-state index in [1.54, 1.807) is 0 Å². The molecule has 0 amide bonds. The third kappa shape index (κ3) is 8.60. The summed E-state index contributed by atoms with van der Waals surface area (Å²) >= 11 is 0. The highest BCUT2D eigenvalue weighted by molar-refractivity contribution is 6.14. The Morgan fingerprint density at radius 2 is 1.94 bits per heavy atom. The number of carboxylic acid groups (broad SMARTS) is 1. The zero-order chi connectivity index (χ0) is 13.4. The second-order valence-electron chi connectivity index (χ2n) is 3.89. The molecule has 4 N–H and O–H groups in total. The van der Waals surface area contributed by atoms with Gasteiger partial charge >= 0.3 is 5.97 Å². The minimum absolute atomic E-state index is 0.176. The Labute approximate surface area is 98.8 Å². The van der Waals surface area contributed by atoms with Crippen molar-refractivity contribution in [2.75, 3.05) is 6.61 Å². The Morgan fingerprint density at radius 3 is 2.12 bits per heavy atom. The van der Waals surface area contributed by atoms with Gasteiger partial charge in [-0.25, -0.2) is 4.79 Å². The Bertz CT molecular complexity index is 215. The van der Waals surface area contributed by atoms with Crippen LogP contribution in [0.4, 0.5) is 0 Å². The van der Waals surface area contributed by atoms with Gasteiger partial charge in [-0.3, -0.25) is 0 Å². The first-order valence-corrected chi connectivity index (χ1v) is 6.09. The number of hydrogen-bond donors (Lipinski definition) is 4. The zero-order valence-electron chi connectivity index (χ0n) is 10.1. The van der Waals surface area contributed by atoms with Crippen molar-refractivity contribution in [3.05, 3.63) is 12.2 Å². The molecule has 0 saturated carbocycles. The van der Waals surface area contributed by atoms with E-state index in [-0.39, 0.29) is 12.2 Å². The lowest BCUT2D eigenvalue weighted by molar-refractivity contribution is -0.132. The van der Waals surface area contributed by atoms with Crippen LogP contribution in [-0.2, 0) is 4.79 Å². The van der Waals surface area contributed by atoms with E-state index in [0.29, 0.717) is 16.7 Å². The highest BCUT2D eigenvalue weighted by atomic mass is 28.1. The Kier molecular flexibility index (Phi) is 9.35. The molecule has 6 heteroatoms. The minimum atomic E-state index is -0.997. The predicted octanol–water partition coefficient (Wildman–Crippen LogP) is -1.16. The van der Waals surface area contributed by atoms with E-state index < -0.39 is 17.3 Å². The van der Waals surface area contributed by atoms with Gasteiger partial charge in [0.25, 0.3) is 0 Å². The molecule has 0 aromatic carbocycles. The van der Waals surface area contributed by atoms with Crippen molar-refractivity contribution in [3.63, 3.8) is 0 Å². The zero-order valence-corrected chi connectivity index (χ0v) is 12.1. The van der Waals surface area contributed by atoms with Crippen LogP contribution in [0.25, 0.3) is 0 Å². The van der Waals surface area contributed by atoms with Gasteiger partial charge in [-0.1, -0.05) is 19.9 Å². The molecule has 0 spiro atoms. The molecule has 0 aliphatic heterocycles. The second kappa shape index (κ2) is 8.46. The molecule has 0 heterocycles. The molecule has 2 unspecified atom stereocenters. The number of aliphatic hydroxyl groups is 3. The molecule has 96 valence electrons. The van der Waals surface area contributed by atoms with Crippen molar-refractivity contribution >= 4 is 16.2 Å². The van der Waals surface area contributed by atoms with Crippen LogP contribution in [-0.4, -0.2) is 54.6 Å². The van der Waals surface area contributed by atoms with Crippen LogP contribution >= 0.6 is 0 Å². The SMILES string of the molecule is C=C(C)C(=O)O.CCCC(O)([SiH3])C(O)CO. The van der Waals surface area contributed by atoms with Crippen LogP contribution in [0, 0.1) is 0 Å². The molecular formula is C10H22O5Si. The van der Waals surface area contributed by atoms with Crippen LogP contribution in [0.1, 0.15) is 26.7 Å². The lowest BCUT2D eigenvalue weighted by Gasteiger charge is -2.27. The van der Waals surface area contributed by atoms with Crippen molar-refractivity contribution in [1.29, 1.82) is 0 Å². The third-order valence-electron chi connectivity index (χ3n) is 2.01. The molecule has 2 atom stereocenters. The van der Waals surface area contributed by atoms with E-state index in [1.165, 1.54) is 6.92 Å². The van der Waals surface area contributed by atoms with E-state index >= 15 is 0 Å². The summed E-state index contributed by atoms with van der Waals surface area (Å²) in [6.07, 6.45) is 0.442. The summed E-state index contributed by atoms with van der Waals surface area (Å²) in [6.45, 7) is 6.19. The van der Waals surface area contributed by atoms with Crippen molar-refractivity contribution in [2.45, 2.75) is 38.0 Å². The first-order chi connectivity index (χ1) is 7.18. The van der Waals surface area contributed by atoms with E-state index in [4.69, 9.17) is 15.3 Å². The molecule has 0 fully saturated rings. The third-order valence-corrected chi connectivity index (χ3v) is 3.18. The Morgan fingerprint density at radius 1 is 1.56 bits per heavy atom. The van der Waals surface area contributed by atoms with E-state index in [2.05, 4.69) is 6.58 Å². The van der Waals surface area contributed by atoms with Crippen LogP contribution in [0.3, 0.4) is 0 Å². The molecule has 0 rings (SSSR count). The van der Waals surface area contributed by atoms with Crippen molar-refractivity contribution in [3.8, 4) is 0 Å². The normalized spacial score (nSPS) is 15.6. The topological polar surface area (TPSA) is 98.0 Å². The van der Waals surface area contributed by atoms with Crippen molar-refractivity contribution in [1.82, 2.24) is 0 Å². The summed E-state index contributed by atoms with van der Waals surface area (Å²) < 4.78 is 0. The minimum Gasteiger partial charge on any atom is -0.478 e. The van der Waals surface area contributed by atoms with Gasteiger partial charge in [0.15, 0.2) is 0 Å². The number of hydrogen-bond acceptors (Lipinski definition) is 4. The van der Waals surface area contributed by atoms with Crippen LogP contribution < -0.4 is 0 Å². The summed E-state index contributed by atoms with van der Waals surface area (Å²) in [4.78, 5) is 9.60. The molecule has 16 heavy (non-hydrogen) atoms. The maximum atomic E-state index is 9.60.